The molecule has 3 nitrogen and oxygen atoms in total. The third-order valence-electron chi connectivity index (χ3n) is 4.44. The molecule has 0 heterocycles. The standard InChI is InChI=1S/C6H15O2P.C6H15OPS.C6H15PS2/c1-5(2)9(7,8)6(3)4;1-5(2)8(7,9)6(3)4;1-5(2)7(8,9)6(3)4/h5-6H,1-4H3,(H,7,8);5-6H,1-4H3,(H,7,9);5-6H,1-4H3,(H,8,9). The van der Waals surface area contributed by atoms with Crippen LogP contribution in [0.25, 0.3) is 0 Å². The molecule has 168 valence electrons. The predicted octanol–water partition coefficient (Wildman–Crippen LogP) is 7.39. The van der Waals surface area contributed by atoms with Crippen molar-refractivity contribution in [2.75, 3.05) is 0 Å². The average molecular weight is 499 g/mol. The minimum Gasteiger partial charge on any atom is -0.365 e. The minimum absolute atomic E-state index is 0.0995. The summed E-state index contributed by atoms with van der Waals surface area (Å²) in [6.45, 7) is 23.7. The van der Waals surface area contributed by atoms with Gasteiger partial charge >= 0.3 is 0 Å². The Hall–Kier alpha value is 1.80. The van der Waals surface area contributed by atoms with Gasteiger partial charge in [-0.2, -0.15) is 0 Å². The monoisotopic (exact) mass is 498 g/mol. The molecule has 9 heteroatoms. The fourth-order valence-corrected chi connectivity index (χ4v) is 5.37. The fraction of sp³-hybridized carbons (Fsp3) is 1.00. The summed E-state index contributed by atoms with van der Waals surface area (Å²) in [5, 5.41) is -1.31. The lowest BCUT2D eigenvalue weighted by molar-refractivity contribution is 0.459. The quantitative estimate of drug-likeness (QED) is 0.263. The van der Waals surface area contributed by atoms with Crippen molar-refractivity contribution in [3.05, 3.63) is 0 Å². The SMILES string of the molecule is CC(C)P(=O)(O)C(C)C.CC(C)P(=S)(S)C(C)C.CC(C)P(O)(=S)C(C)C. The van der Waals surface area contributed by atoms with E-state index in [2.05, 4.69) is 39.9 Å². The van der Waals surface area contributed by atoms with Gasteiger partial charge in [-0.05, 0) is 11.3 Å². The van der Waals surface area contributed by atoms with Gasteiger partial charge in [-0.3, -0.25) is 4.57 Å². The maximum atomic E-state index is 11.2. The van der Waals surface area contributed by atoms with Gasteiger partial charge in [-0.15, -0.1) is 12.2 Å². The minimum atomic E-state index is -2.84. The Morgan fingerprint density at radius 2 is 0.815 bits per heavy atom. The van der Waals surface area contributed by atoms with Gasteiger partial charge in [-0.25, -0.2) is 0 Å². The van der Waals surface area contributed by atoms with Crippen molar-refractivity contribution < 1.29 is 14.4 Å². The van der Waals surface area contributed by atoms with E-state index in [9.17, 15) is 14.4 Å². The molecule has 0 amide bonds. The van der Waals surface area contributed by atoms with Crippen LogP contribution in [-0.4, -0.2) is 43.7 Å². The van der Waals surface area contributed by atoms with Crippen molar-refractivity contribution in [3.8, 4) is 0 Å². The summed E-state index contributed by atoms with van der Waals surface area (Å²) in [5.41, 5.74) is 1.50. The second-order valence-corrected chi connectivity index (χ2v) is 25.2. The molecule has 0 radical (unpaired) electrons. The van der Waals surface area contributed by atoms with E-state index in [4.69, 9.17) is 23.6 Å². The Kier molecular flexibility index (Phi) is 17.3. The van der Waals surface area contributed by atoms with Crippen LogP contribution < -0.4 is 0 Å². The maximum Gasteiger partial charge on any atom is 0.205 e. The zero-order valence-electron chi connectivity index (χ0n) is 19.4. The van der Waals surface area contributed by atoms with Crippen molar-refractivity contribution in [2.45, 2.75) is 117 Å². The molecular weight excluding hydrogens is 453 g/mol. The summed E-state index contributed by atoms with van der Waals surface area (Å²) < 4.78 is 11.2. The number of thiol groups is 1. The first-order valence-electron chi connectivity index (χ1n) is 9.63. The van der Waals surface area contributed by atoms with Gasteiger partial charge in [-0.1, -0.05) is 107 Å². The lowest BCUT2D eigenvalue weighted by atomic mass is 10.5. The van der Waals surface area contributed by atoms with Crippen LogP contribution >= 0.6 is 31.1 Å². The molecule has 0 spiro atoms. The molecule has 0 fully saturated rings. The van der Waals surface area contributed by atoms with Gasteiger partial charge in [0.15, 0.2) is 0 Å². The van der Waals surface area contributed by atoms with Crippen LogP contribution in [0.2, 0.25) is 0 Å². The van der Waals surface area contributed by atoms with Crippen LogP contribution in [0.1, 0.15) is 83.1 Å². The van der Waals surface area contributed by atoms with Gasteiger partial charge in [0.2, 0.25) is 7.37 Å². The summed E-state index contributed by atoms with van der Waals surface area (Å²) in [7, 11) is -2.84. The third-order valence-corrected chi connectivity index (χ3v) is 21.1. The second-order valence-electron chi connectivity index (χ2n) is 8.58. The first-order valence-corrected chi connectivity index (χ1v) is 18.4. The second kappa shape index (κ2) is 14.0. The molecule has 27 heavy (non-hydrogen) atoms. The molecule has 0 aliphatic rings. The summed E-state index contributed by atoms with van der Waals surface area (Å²) in [4.78, 5) is 18.8. The van der Waals surface area contributed by atoms with E-state index < -0.39 is 18.9 Å². The molecule has 0 aliphatic carbocycles. The van der Waals surface area contributed by atoms with E-state index >= 15 is 0 Å². The number of hydrogen-bond donors (Lipinski definition) is 3. The molecule has 0 atom stereocenters. The molecule has 2 N–H and O–H groups in total. The Labute approximate surface area is 185 Å². The Bertz CT molecular complexity index is 433. The highest BCUT2D eigenvalue weighted by atomic mass is 32.9. The Morgan fingerprint density at radius 1 is 0.593 bits per heavy atom. The van der Waals surface area contributed by atoms with E-state index in [1.807, 2.05) is 27.7 Å². The molecular formula is C18H45O3P3S3. The van der Waals surface area contributed by atoms with Gasteiger partial charge in [0.25, 0.3) is 0 Å². The topological polar surface area (TPSA) is 57.5 Å². The summed E-state index contributed by atoms with van der Waals surface area (Å²) in [6.07, 6.45) is -2.00. The molecule has 0 aromatic rings. The molecule has 0 aromatic carbocycles. The van der Waals surface area contributed by atoms with E-state index in [0.29, 0.717) is 11.3 Å². The van der Waals surface area contributed by atoms with Crippen molar-refractivity contribution in [1.29, 1.82) is 0 Å². The normalized spacial score (nSPS) is 13.2. The fourth-order valence-electron chi connectivity index (χ4n) is 1.79. The maximum absolute atomic E-state index is 11.2. The molecule has 0 saturated carbocycles. The van der Waals surface area contributed by atoms with Crippen LogP contribution in [0, 0.1) is 0 Å². The van der Waals surface area contributed by atoms with Crippen molar-refractivity contribution in [2.24, 2.45) is 0 Å². The molecule has 0 bridgehead atoms. The van der Waals surface area contributed by atoms with Crippen LogP contribution in [0.3, 0.4) is 0 Å². The zero-order chi connectivity index (χ0) is 23.0. The zero-order valence-corrected chi connectivity index (χ0v) is 24.6. The van der Waals surface area contributed by atoms with Gasteiger partial charge in [0.05, 0.1) is 6.26 Å². The highest BCUT2D eigenvalue weighted by Gasteiger charge is 2.26. The first kappa shape index (κ1) is 33.4. The predicted molar refractivity (Wildman–Crippen MR) is 140 cm³/mol. The summed E-state index contributed by atoms with van der Waals surface area (Å²) in [6, 6.07) is 0. The molecule has 0 aromatic heterocycles. The third kappa shape index (κ3) is 13.0. The Balaban J connectivity index is -0.000000320. The van der Waals surface area contributed by atoms with Gasteiger partial charge in [0, 0.05) is 27.9 Å². The van der Waals surface area contributed by atoms with E-state index in [1.54, 1.807) is 27.7 Å². The number of hydrogen-bond acceptors (Lipinski definition) is 3. The molecule has 0 rings (SSSR count). The highest BCUT2D eigenvalue weighted by Crippen LogP contribution is 2.59. The van der Waals surface area contributed by atoms with Crippen LogP contribution in [-0.2, 0) is 28.2 Å². The highest BCUT2D eigenvalue weighted by molar-refractivity contribution is 8.63. The number of rotatable bonds is 6. The lowest BCUT2D eigenvalue weighted by Crippen LogP contribution is -2.06. The Morgan fingerprint density at radius 3 is 0.815 bits per heavy atom. The smallest absolute Gasteiger partial charge is 0.205 e. The van der Waals surface area contributed by atoms with E-state index in [-0.39, 0.29) is 22.6 Å². The molecule has 0 aliphatic heterocycles. The van der Waals surface area contributed by atoms with Crippen molar-refractivity contribution >= 4 is 54.7 Å². The van der Waals surface area contributed by atoms with E-state index in [0.717, 1.165) is 0 Å². The largest absolute Gasteiger partial charge is 0.365 e. The van der Waals surface area contributed by atoms with Gasteiger partial charge < -0.3 is 9.79 Å². The van der Waals surface area contributed by atoms with Crippen LogP contribution in [0.5, 0.6) is 0 Å². The van der Waals surface area contributed by atoms with Crippen LogP contribution in [0.15, 0.2) is 0 Å². The van der Waals surface area contributed by atoms with Crippen LogP contribution in [0.4, 0.5) is 0 Å². The molecule has 0 saturated heterocycles. The first-order chi connectivity index (χ1) is 11.7. The molecule has 0 unspecified atom stereocenters. The average Bonchev–Trinajstić information content (AvgIpc) is 2.47. The van der Waals surface area contributed by atoms with Crippen molar-refractivity contribution in [3.63, 3.8) is 0 Å². The lowest BCUT2D eigenvalue weighted by Gasteiger charge is -2.23. The van der Waals surface area contributed by atoms with E-state index in [1.165, 1.54) is 0 Å². The van der Waals surface area contributed by atoms with Crippen molar-refractivity contribution in [1.82, 2.24) is 0 Å². The summed E-state index contributed by atoms with van der Waals surface area (Å²) in [5.74, 6) is 0. The summed E-state index contributed by atoms with van der Waals surface area (Å²) >= 11 is 14.9. The van der Waals surface area contributed by atoms with Gasteiger partial charge in [0.1, 0.15) is 0 Å².